The quantitative estimate of drug-likeness (QED) is 0.263. The Hall–Kier alpha value is -2.23. The molecule has 1 aromatic carbocycles. The van der Waals surface area contributed by atoms with E-state index < -0.39 is 17.5 Å². The Morgan fingerprint density at radius 3 is 2.39 bits per heavy atom. The summed E-state index contributed by atoms with van der Waals surface area (Å²) in [5, 5.41) is 0. The van der Waals surface area contributed by atoms with Crippen molar-refractivity contribution in [1.82, 2.24) is 0 Å². The molecule has 0 radical (unpaired) electrons. The maximum Gasteiger partial charge on any atom is 0.166 e. The van der Waals surface area contributed by atoms with E-state index in [1.54, 1.807) is 12.1 Å². The van der Waals surface area contributed by atoms with Gasteiger partial charge < -0.3 is 4.74 Å². The fourth-order valence-corrected chi connectivity index (χ4v) is 2.91. The molecule has 0 aliphatic carbocycles. The maximum absolute atomic E-state index is 14.2. The summed E-state index contributed by atoms with van der Waals surface area (Å²) in [4.78, 5) is 0. The molecule has 0 saturated carbocycles. The van der Waals surface area contributed by atoms with Gasteiger partial charge in [0.25, 0.3) is 0 Å². The number of benzene rings is 1. The summed E-state index contributed by atoms with van der Waals surface area (Å²) < 4.78 is 47.2. The minimum absolute atomic E-state index is 0.0332. The lowest BCUT2D eigenvalue weighted by molar-refractivity contribution is 0.243. The Morgan fingerprint density at radius 2 is 1.79 bits per heavy atom. The Morgan fingerprint density at radius 1 is 1.11 bits per heavy atom. The zero-order chi connectivity index (χ0) is 21.3. The van der Waals surface area contributed by atoms with Gasteiger partial charge in [-0.25, -0.2) is 13.2 Å². The van der Waals surface area contributed by atoms with Gasteiger partial charge in [-0.3, -0.25) is 0 Å². The van der Waals surface area contributed by atoms with Crippen LogP contribution in [0.25, 0.3) is 6.08 Å². The second kappa shape index (κ2) is 11.6. The van der Waals surface area contributed by atoms with Crippen LogP contribution in [0, 0.1) is 23.5 Å². The Bertz CT molecular complexity index is 734. The molecule has 2 atom stereocenters. The third-order valence-electron chi connectivity index (χ3n) is 4.93. The van der Waals surface area contributed by atoms with Crippen LogP contribution in [-0.4, -0.2) is 6.61 Å². The monoisotopic (exact) mass is 392 g/mol. The third kappa shape index (κ3) is 7.06. The lowest BCUT2D eigenvalue weighted by Crippen LogP contribution is -2.06. The van der Waals surface area contributed by atoms with E-state index in [1.165, 1.54) is 12.2 Å². The first kappa shape index (κ1) is 23.8. The van der Waals surface area contributed by atoms with Gasteiger partial charge >= 0.3 is 0 Å². The van der Waals surface area contributed by atoms with Gasteiger partial charge in [0, 0.05) is 11.6 Å². The molecule has 1 aromatic rings. The van der Waals surface area contributed by atoms with Crippen LogP contribution >= 0.6 is 0 Å². The van der Waals surface area contributed by atoms with Gasteiger partial charge in [0.15, 0.2) is 11.6 Å². The van der Waals surface area contributed by atoms with Crippen molar-refractivity contribution in [2.24, 2.45) is 11.8 Å². The summed E-state index contributed by atoms with van der Waals surface area (Å²) in [6.45, 7) is 17.2. The van der Waals surface area contributed by atoms with Gasteiger partial charge in [0.05, 0.1) is 6.61 Å². The van der Waals surface area contributed by atoms with E-state index in [9.17, 15) is 13.2 Å². The van der Waals surface area contributed by atoms with Crippen molar-refractivity contribution in [3.05, 3.63) is 77.9 Å². The summed E-state index contributed by atoms with van der Waals surface area (Å²) in [5.74, 6) is -1.53. The molecular weight excluding hydrogens is 361 g/mol. The number of ether oxygens (including phenoxy) is 1. The first-order valence-electron chi connectivity index (χ1n) is 9.68. The number of hydrogen-bond donors (Lipinski definition) is 0. The van der Waals surface area contributed by atoms with Gasteiger partial charge in [0.1, 0.15) is 11.6 Å². The minimum atomic E-state index is -0.846. The van der Waals surface area contributed by atoms with Crippen molar-refractivity contribution in [2.75, 3.05) is 6.61 Å². The van der Waals surface area contributed by atoms with Crippen LogP contribution in [0.1, 0.15) is 51.2 Å². The van der Waals surface area contributed by atoms with Gasteiger partial charge in [-0.05, 0) is 49.2 Å². The highest BCUT2D eigenvalue weighted by Crippen LogP contribution is 2.27. The standard InChI is InChI=1S/C24H31F3O/c1-7-20-13-14-21(24(27)23(20)26)12-10-16(3)9-11-17(4)19(6)22(25)15-18(5)28-8-2/h7,13-17H,1,5-6,8-12H2,2-4H3/b22-15+. The second-order valence-electron chi connectivity index (χ2n) is 7.19. The summed E-state index contributed by atoms with van der Waals surface area (Å²) >= 11 is 0. The van der Waals surface area contributed by atoms with E-state index in [0.29, 0.717) is 30.1 Å². The Labute approximate surface area is 167 Å². The van der Waals surface area contributed by atoms with E-state index in [-0.39, 0.29) is 17.2 Å². The first-order valence-corrected chi connectivity index (χ1v) is 9.68. The SMILES string of the molecule is C=Cc1ccc(CCC(C)CCC(C)C(=C)/C(F)=C\C(=C)OCC)c(F)c1F. The van der Waals surface area contributed by atoms with Crippen LogP contribution in [0.15, 0.2) is 55.1 Å². The van der Waals surface area contributed by atoms with Crippen LogP contribution in [0.4, 0.5) is 13.2 Å². The van der Waals surface area contributed by atoms with E-state index in [2.05, 4.69) is 26.7 Å². The van der Waals surface area contributed by atoms with Crippen LogP contribution in [-0.2, 0) is 11.2 Å². The van der Waals surface area contributed by atoms with E-state index in [0.717, 1.165) is 19.3 Å². The van der Waals surface area contributed by atoms with E-state index in [4.69, 9.17) is 4.74 Å². The maximum atomic E-state index is 14.2. The molecule has 0 aliphatic rings. The minimum Gasteiger partial charge on any atom is -0.494 e. The fourth-order valence-electron chi connectivity index (χ4n) is 2.91. The average molecular weight is 393 g/mol. The summed E-state index contributed by atoms with van der Waals surface area (Å²) in [6, 6.07) is 3.15. The van der Waals surface area contributed by atoms with Crippen LogP contribution in [0.2, 0.25) is 0 Å². The van der Waals surface area contributed by atoms with E-state index >= 15 is 0 Å². The predicted molar refractivity (Wildman–Crippen MR) is 111 cm³/mol. The molecule has 4 heteroatoms. The fraction of sp³-hybridized carbons (Fsp3) is 0.417. The highest BCUT2D eigenvalue weighted by molar-refractivity contribution is 5.48. The van der Waals surface area contributed by atoms with Crippen molar-refractivity contribution in [1.29, 1.82) is 0 Å². The number of allylic oxidation sites excluding steroid dienone is 3. The summed E-state index contributed by atoms with van der Waals surface area (Å²) in [5.41, 5.74) is 0.959. The lowest BCUT2D eigenvalue weighted by atomic mass is 9.89. The van der Waals surface area contributed by atoms with Gasteiger partial charge in [-0.1, -0.05) is 58.2 Å². The van der Waals surface area contributed by atoms with Crippen LogP contribution in [0.5, 0.6) is 0 Å². The molecule has 0 bridgehead atoms. The smallest absolute Gasteiger partial charge is 0.166 e. The molecule has 0 fully saturated rings. The molecule has 0 spiro atoms. The molecular formula is C24H31F3O. The first-order chi connectivity index (χ1) is 13.2. The third-order valence-corrected chi connectivity index (χ3v) is 4.93. The predicted octanol–water partition coefficient (Wildman–Crippen LogP) is 7.55. The van der Waals surface area contributed by atoms with Gasteiger partial charge in [-0.2, -0.15) is 0 Å². The Balaban J connectivity index is 2.53. The zero-order valence-electron chi connectivity index (χ0n) is 17.2. The van der Waals surface area contributed by atoms with Crippen molar-refractivity contribution < 1.29 is 17.9 Å². The number of aryl methyl sites for hydroxylation is 1. The highest BCUT2D eigenvalue weighted by atomic mass is 19.2. The zero-order valence-corrected chi connectivity index (χ0v) is 17.2. The number of rotatable bonds is 12. The van der Waals surface area contributed by atoms with Crippen molar-refractivity contribution in [3.8, 4) is 0 Å². The molecule has 154 valence electrons. The normalized spacial score (nSPS) is 13.7. The van der Waals surface area contributed by atoms with Crippen LogP contribution in [0.3, 0.4) is 0 Å². The van der Waals surface area contributed by atoms with Gasteiger partial charge in [-0.15, -0.1) is 0 Å². The Kier molecular flexibility index (Phi) is 9.84. The number of hydrogen-bond acceptors (Lipinski definition) is 1. The van der Waals surface area contributed by atoms with Crippen LogP contribution < -0.4 is 0 Å². The molecule has 0 heterocycles. The molecule has 1 nitrogen and oxygen atoms in total. The van der Waals surface area contributed by atoms with E-state index in [1.807, 2.05) is 13.8 Å². The molecule has 28 heavy (non-hydrogen) atoms. The molecule has 0 aromatic heterocycles. The van der Waals surface area contributed by atoms with Crippen molar-refractivity contribution in [2.45, 2.75) is 46.5 Å². The molecule has 0 aliphatic heterocycles. The number of halogens is 3. The topological polar surface area (TPSA) is 9.23 Å². The van der Waals surface area contributed by atoms with Crippen molar-refractivity contribution >= 4 is 6.08 Å². The molecule has 0 amide bonds. The summed E-state index contributed by atoms with van der Waals surface area (Å²) in [6.07, 6.45) is 5.34. The highest BCUT2D eigenvalue weighted by Gasteiger charge is 2.15. The second-order valence-corrected chi connectivity index (χ2v) is 7.19. The molecule has 0 saturated heterocycles. The van der Waals surface area contributed by atoms with Gasteiger partial charge in [0.2, 0.25) is 0 Å². The molecule has 2 unspecified atom stereocenters. The van der Waals surface area contributed by atoms with Crippen molar-refractivity contribution in [3.63, 3.8) is 0 Å². The lowest BCUT2D eigenvalue weighted by Gasteiger charge is -2.17. The average Bonchev–Trinajstić information content (AvgIpc) is 2.66. The molecule has 1 rings (SSSR count). The summed E-state index contributed by atoms with van der Waals surface area (Å²) in [7, 11) is 0. The molecule has 0 N–H and O–H groups in total. The largest absolute Gasteiger partial charge is 0.494 e.